The topological polar surface area (TPSA) is 50.4 Å². The van der Waals surface area contributed by atoms with E-state index in [0.717, 1.165) is 30.8 Å². The SMILES string of the molecule is COc1ccccc1C(CC(C)C)NC(=O)C1CNC1.Cl. The van der Waals surface area contributed by atoms with Gasteiger partial charge in [0.2, 0.25) is 5.91 Å². The van der Waals surface area contributed by atoms with E-state index >= 15 is 0 Å². The fourth-order valence-corrected chi connectivity index (χ4v) is 2.45. The van der Waals surface area contributed by atoms with Crippen LogP contribution in [0.2, 0.25) is 0 Å². The summed E-state index contributed by atoms with van der Waals surface area (Å²) in [6.45, 7) is 5.90. The fraction of sp³-hybridized carbons (Fsp3) is 0.562. The van der Waals surface area contributed by atoms with Crippen molar-refractivity contribution in [3.8, 4) is 5.75 Å². The second kappa shape index (κ2) is 8.25. The van der Waals surface area contributed by atoms with Gasteiger partial charge in [0.05, 0.1) is 19.1 Å². The molecular formula is C16H25ClN2O2. The quantitative estimate of drug-likeness (QED) is 0.848. The highest BCUT2D eigenvalue weighted by Crippen LogP contribution is 2.29. The van der Waals surface area contributed by atoms with Gasteiger partial charge in [0.25, 0.3) is 0 Å². The lowest BCUT2D eigenvalue weighted by atomic mass is 9.94. The Balaban J connectivity index is 0.00000220. The normalized spacial score (nSPS) is 15.8. The first-order valence-corrected chi connectivity index (χ1v) is 7.25. The standard InChI is InChI=1S/C16H24N2O2.ClH/c1-11(2)8-14(18-16(19)12-9-17-10-12)13-6-4-5-7-15(13)20-3;/h4-7,11-12,14,17H,8-10H2,1-3H3,(H,18,19);1H. The van der Waals surface area contributed by atoms with Crippen LogP contribution in [0.1, 0.15) is 31.9 Å². The Labute approximate surface area is 133 Å². The van der Waals surface area contributed by atoms with E-state index in [1.54, 1.807) is 7.11 Å². The number of hydrogen-bond acceptors (Lipinski definition) is 3. The summed E-state index contributed by atoms with van der Waals surface area (Å²) in [6, 6.07) is 7.93. The third-order valence-electron chi connectivity index (χ3n) is 3.69. The number of benzene rings is 1. The summed E-state index contributed by atoms with van der Waals surface area (Å²) in [6.07, 6.45) is 0.909. The third kappa shape index (κ3) is 4.61. The monoisotopic (exact) mass is 312 g/mol. The van der Waals surface area contributed by atoms with Crippen LogP contribution < -0.4 is 15.4 Å². The molecule has 0 aromatic heterocycles. The first-order chi connectivity index (χ1) is 9.61. The van der Waals surface area contributed by atoms with Crippen molar-refractivity contribution in [3.05, 3.63) is 29.8 Å². The number of rotatable bonds is 6. The van der Waals surface area contributed by atoms with Gasteiger partial charge < -0.3 is 15.4 Å². The zero-order valence-electron chi connectivity index (χ0n) is 12.9. The van der Waals surface area contributed by atoms with Crippen LogP contribution in [0.25, 0.3) is 0 Å². The van der Waals surface area contributed by atoms with Crippen LogP contribution in [0.4, 0.5) is 0 Å². The van der Waals surface area contributed by atoms with Gasteiger partial charge in [-0.15, -0.1) is 12.4 Å². The number of hydrogen-bond donors (Lipinski definition) is 2. The van der Waals surface area contributed by atoms with Crippen molar-refractivity contribution in [1.82, 2.24) is 10.6 Å². The lowest BCUT2D eigenvalue weighted by molar-refractivity contribution is -0.127. The van der Waals surface area contributed by atoms with Gasteiger partial charge in [0, 0.05) is 18.7 Å². The van der Waals surface area contributed by atoms with Crippen LogP contribution in [-0.2, 0) is 4.79 Å². The number of methoxy groups -OCH3 is 1. The summed E-state index contributed by atoms with van der Waals surface area (Å²) in [5, 5.41) is 6.32. The number of halogens is 1. The molecule has 0 radical (unpaired) electrons. The molecule has 5 heteroatoms. The summed E-state index contributed by atoms with van der Waals surface area (Å²) in [4.78, 5) is 12.2. The molecule has 21 heavy (non-hydrogen) atoms. The molecule has 2 rings (SSSR count). The van der Waals surface area contributed by atoms with Crippen LogP contribution in [0.5, 0.6) is 5.75 Å². The highest BCUT2D eigenvalue weighted by Gasteiger charge is 2.28. The molecule has 1 aromatic carbocycles. The van der Waals surface area contributed by atoms with E-state index in [-0.39, 0.29) is 30.3 Å². The first-order valence-electron chi connectivity index (χ1n) is 7.25. The molecule has 2 N–H and O–H groups in total. The number of amides is 1. The Bertz CT molecular complexity index is 461. The average molecular weight is 313 g/mol. The molecule has 0 bridgehead atoms. The molecule has 1 heterocycles. The summed E-state index contributed by atoms with van der Waals surface area (Å²) < 4.78 is 5.43. The largest absolute Gasteiger partial charge is 0.496 e. The predicted octanol–water partition coefficient (Wildman–Crippen LogP) is 2.54. The molecule has 1 atom stereocenters. The van der Waals surface area contributed by atoms with Crippen molar-refractivity contribution in [3.63, 3.8) is 0 Å². The molecule has 0 spiro atoms. The van der Waals surface area contributed by atoms with Gasteiger partial charge in [0.15, 0.2) is 0 Å². The highest BCUT2D eigenvalue weighted by atomic mass is 35.5. The average Bonchev–Trinajstić information content (AvgIpc) is 2.35. The molecular weight excluding hydrogens is 288 g/mol. The molecule has 1 saturated heterocycles. The lowest BCUT2D eigenvalue weighted by Gasteiger charge is -2.30. The molecule has 1 aliphatic rings. The Morgan fingerprint density at radius 2 is 2.05 bits per heavy atom. The Morgan fingerprint density at radius 3 is 2.57 bits per heavy atom. The van der Waals surface area contributed by atoms with E-state index in [9.17, 15) is 4.79 Å². The van der Waals surface area contributed by atoms with E-state index in [4.69, 9.17) is 4.74 Å². The van der Waals surface area contributed by atoms with Gasteiger partial charge in [-0.1, -0.05) is 32.0 Å². The molecule has 4 nitrogen and oxygen atoms in total. The third-order valence-corrected chi connectivity index (χ3v) is 3.69. The fourth-order valence-electron chi connectivity index (χ4n) is 2.45. The summed E-state index contributed by atoms with van der Waals surface area (Å²) in [5.41, 5.74) is 1.06. The van der Waals surface area contributed by atoms with E-state index in [1.807, 2.05) is 24.3 Å². The van der Waals surface area contributed by atoms with Crippen LogP contribution in [0.3, 0.4) is 0 Å². The Hall–Kier alpha value is -1.26. The second-order valence-corrected chi connectivity index (χ2v) is 5.79. The van der Waals surface area contributed by atoms with Crippen molar-refractivity contribution < 1.29 is 9.53 Å². The molecule has 1 fully saturated rings. The van der Waals surface area contributed by atoms with E-state index in [0.29, 0.717) is 5.92 Å². The van der Waals surface area contributed by atoms with E-state index in [2.05, 4.69) is 24.5 Å². The van der Waals surface area contributed by atoms with Crippen molar-refractivity contribution in [2.45, 2.75) is 26.3 Å². The minimum absolute atomic E-state index is 0. The van der Waals surface area contributed by atoms with Gasteiger partial charge >= 0.3 is 0 Å². The van der Waals surface area contributed by atoms with Crippen molar-refractivity contribution in [1.29, 1.82) is 0 Å². The van der Waals surface area contributed by atoms with Crippen LogP contribution >= 0.6 is 12.4 Å². The van der Waals surface area contributed by atoms with Gasteiger partial charge in [-0.2, -0.15) is 0 Å². The minimum Gasteiger partial charge on any atom is -0.496 e. The maximum atomic E-state index is 12.2. The second-order valence-electron chi connectivity index (χ2n) is 5.79. The van der Waals surface area contributed by atoms with Crippen LogP contribution in [0, 0.1) is 11.8 Å². The predicted molar refractivity (Wildman–Crippen MR) is 86.9 cm³/mol. The molecule has 1 unspecified atom stereocenters. The number of carbonyl (C=O) groups is 1. The number of para-hydroxylation sites is 1. The van der Waals surface area contributed by atoms with Crippen molar-refractivity contribution >= 4 is 18.3 Å². The zero-order valence-corrected chi connectivity index (χ0v) is 13.7. The summed E-state index contributed by atoms with van der Waals surface area (Å²) in [7, 11) is 1.67. The zero-order chi connectivity index (χ0) is 14.5. The Morgan fingerprint density at radius 1 is 1.38 bits per heavy atom. The van der Waals surface area contributed by atoms with Crippen molar-refractivity contribution in [2.24, 2.45) is 11.8 Å². The smallest absolute Gasteiger partial charge is 0.226 e. The summed E-state index contributed by atoms with van der Waals surface area (Å²) in [5.74, 6) is 1.59. The van der Waals surface area contributed by atoms with Crippen LogP contribution in [0.15, 0.2) is 24.3 Å². The molecule has 1 aromatic rings. The molecule has 118 valence electrons. The van der Waals surface area contributed by atoms with Crippen LogP contribution in [-0.4, -0.2) is 26.1 Å². The van der Waals surface area contributed by atoms with E-state index in [1.165, 1.54) is 0 Å². The van der Waals surface area contributed by atoms with Gasteiger partial charge in [-0.05, 0) is 18.4 Å². The van der Waals surface area contributed by atoms with Crippen molar-refractivity contribution in [2.75, 3.05) is 20.2 Å². The summed E-state index contributed by atoms with van der Waals surface area (Å²) >= 11 is 0. The maximum Gasteiger partial charge on any atom is 0.226 e. The number of ether oxygens (including phenoxy) is 1. The van der Waals surface area contributed by atoms with Gasteiger partial charge in [-0.3, -0.25) is 4.79 Å². The first kappa shape index (κ1) is 17.8. The molecule has 1 amide bonds. The molecule has 1 aliphatic heterocycles. The minimum atomic E-state index is 0. The molecule has 0 aliphatic carbocycles. The molecule has 0 saturated carbocycles. The number of nitrogens with one attached hydrogen (secondary N) is 2. The Kier molecular flexibility index (Phi) is 6.99. The van der Waals surface area contributed by atoms with Gasteiger partial charge in [0.1, 0.15) is 5.75 Å². The number of carbonyl (C=O) groups excluding carboxylic acids is 1. The highest BCUT2D eigenvalue weighted by molar-refractivity contribution is 5.85. The lowest BCUT2D eigenvalue weighted by Crippen LogP contribution is -2.51. The van der Waals surface area contributed by atoms with E-state index < -0.39 is 0 Å². The van der Waals surface area contributed by atoms with Gasteiger partial charge in [-0.25, -0.2) is 0 Å². The maximum absolute atomic E-state index is 12.2.